The zero-order valence-electron chi connectivity index (χ0n) is 12.9. The van der Waals surface area contributed by atoms with E-state index in [1.54, 1.807) is 30.3 Å². The molecule has 0 aromatic heterocycles. The van der Waals surface area contributed by atoms with Crippen LogP contribution in [-0.2, 0) is 16.4 Å². The number of para-hydroxylation sites is 1. The molecule has 2 aromatic rings. The molecule has 23 heavy (non-hydrogen) atoms. The third kappa shape index (κ3) is 4.14. The van der Waals surface area contributed by atoms with Crippen LogP contribution in [0.4, 0.5) is 0 Å². The smallest absolute Gasteiger partial charge is 0.244 e. The molecule has 0 saturated carbocycles. The van der Waals surface area contributed by atoms with Gasteiger partial charge in [-0.3, -0.25) is 0 Å². The topological polar surface area (TPSA) is 84.9 Å². The van der Waals surface area contributed by atoms with Crippen molar-refractivity contribution < 1.29 is 23.0 Å². The van der Waals surface area contributed by atoms with E-state index in [9.17, 15) is 13.5 Å². The molecule has 124 valence electrons. The summed E-state index contributed by atoms with van der Waals surface area (Å²) in [6.07, 6.45) is 0.373. The Morgan fingerprint density at radius 2 is 1.83 bits per heavy atom. The first-order valence-corrected chi connectivity index (χ1v) is 8.45. The predicted octanol–water partition coefficient (Wildman–Crippen LogP) is 1.93. The van der Waals surface area contributed by atoms with Gasteiger partial charge in [0.15, 0.2) is 0 Å². The van der Waals surface area contributed by atoms with E-state index < -0.39 is 10.0 Å². The maximum Gasteiger partial charge on any atom is 0.244 e. The SMILES string of the molecule is COc1ccc(OC)c(S(=O)(=O)NCCc2ccccc2O)c1. The molecule has 0 fully saturated rings. The minimum Gasteiger partial charge on any atom is -0.508 e. The van der Waals surface area contributed by atoms with Gasteiger partial charge >= 0.3 is 0 Å². The van der Waals surface area contributed by atoms with Crippen molar-refractivity contribution in [1.82, 2.24) is 4.72 Å². The van der Waals surface area contributed by atoms with Crippen LogP contribution in [0.5, 0.6) is 17.2 Å². The van der Waals surface area contributed by atoms with Crippen molar-refractivity contribution in [3.8, 4) is 17.2 Å². The molecule has 0 spiro atoms. The second-order valence-corrected chi connectivity index (χ2v) is 6.53. The Morgan fingerprint density at radius 1 is 1.09 bits per heavy atom. The highest BCUT2D eigenvalue weighted by Crippen LogP contribution is 2.28. The normalized spacial score (nSPS) is 11.2. The maximum atomic E-state index is 12.4. The Balaban J connectivity index is 2.14. The Labute approximate surface area is 135 Å². The van der Waals surface area contributed by atoms with Gasteiger partial charge in [-0.25, -0.2) is 13.1 Å². The van der Waals surface area contributed by atoms with Gasteiger partial charge in [0, 0.05) is 12.6 Å². The molecule has 0 aliphatic rings. The Hall–Kier alpha value is -2.25. The Morgan fingerprint density at radius 3 is 2.48 bits per heavy atom. The van der Waals surface area contributed by atoms with Crippen LogP contribution in [0, 0.1) is 0 Å². The number of nitrogens with one attached hydrogen (secondary N) is 1. The summed E-state index contributed by atoms with van der Waals surface area (Å²) < 4.78 is 37.6. The van der Waals surface area contributed by atoms with Crippen LogP contribution >= 0.6 is 0 Å². The van der Waals surface area contributed by atoms with Crippen LogP contribution in [0.3, 0.4) is 0 Å². The van der Waals surface area contributed by atoms with Gasteiger partial charge < -0.3 is 14.6 Å². The molecule has 6 nitrogen and oxygen atoms in total. The average Bonchev–Trinajstić information content (AvgIpc) is 2.56. The van der Waals surface area contributed by atoms with E-state index in [0.717, 1.165) is 0 Å². The molecule has 0 unspecified atom stereocenters. The van der Waals surface area contributed by atoms with Gasteiger partial charge in [0.05, 0.1) is 14.2 Å². The molecule has 7 heteroatoms. The lowest BCUT2D eigenvalue weighted by Crippen LogP contribution is -2.26. The van der Waals surface area contributed by atoms with Crippen molar-refractivity contribution in [2.45, 2.75) is 11.3 Å². The van der Waals surface area contributed by atoms with Gasteiger partial charge in [0.2, 0.25) is 10.0 Å². The fourth-order valence-corrected chi connectivity index (χ4v) is 3.33. The molecule has 0 radical (unpaired) electrons. The molecular weight excluding hydrogens is 318 g/mol. The fourth-order valence-electron chi connectivity index (χ4n) is 2.11. The first-order valence-electron chi connectivity index (χ1n) is 6.96. The van der Waals surface area contributed by atoms with Crippen molar-refractivity contribution in [2.75, 3.05) is 20.8 Å². The second-order valence-electron chi connectivity index (χ2n) is 4.79. The molecule has 0 atom stereocenters. The van der Waals surface area contributed by atoms with Crippen LogP contribution in [0.15, 0.2) is 47.4 Å². The van der Waals surface area contributed by atoms with E-state index in [1.165, 1.54) is 26.4 Å². The summed E-state index contributed by atoms with van der Waals surface area (Å²) >= 11 is 0. The Kier molecular flexibility index (Phi) is 5.46. The molecule has 2 rings (SSSR count). The third-order valence-corrected chi connectivity index (χ3v) is 4.82. The number of phenolic OH excluding ortho intramolecular Hbond substituents is 1. The number of phenols is 1. The van der Waals surface area contributed by atoms with Crippen molar-refractivity contribution in [1.29, 1.82) is 0 Å². The molecule has 0 saturated heterocycles. The highest BCUT2D eigenvalue weighted by Gasteiger charge is 2.20. The molecule has 0 heterocycles. The quantitative estimate of drug-likeness (QED) is 0.806. The monoisotopic (exact) mass is 337 g/mol. The number of benzene rings is 2. The van der Waals surface area contributed by atoms with Crippen LogP contribution in [0.1, 0.15) is 5.56 Å². The maximum absolute atomic E-state index is 12.4. The second kappa shape index (κ2) is 7.34. The van der Waals surface area contributed by atoms with Crippen molar-refractivity contribution in [3.63, 3.8) is 0 Å². The summed E-state index contributed by atoms with van der Waals surface area (Å²) in [7, 11) is -0.888. The highest BCUT2D eigenvalue weighted by molar-refractivity contribution is 7.89. The number of hydrogen-bond donors (Lipinski definition) is 2. The summed E-state index contributed by atoms with van der Waals surface area (Å²) in [5, 5.41) is 9.69. The van der Waals surface area contributed by atoms with Crippen molar-refractivity contribution in [2.24, 2.45) is 0 Å². The summed E-state index contributed by atoms with van der Waals surface area (Å²) in [5.74, 6) is 0.804. The van der Waals surface area contributed by atoms with Gasteiger partial charge in [-0.2, -0.15) is 0 Å². The van der Waals surface area contributed by atoms with Gasteiger partial charge in [-0.05, 0) is 30.2 Å². The highest BCUT2D eigenvalue weighted by atomic mass is 32.2. The van der Waals surface area contributed by atoms with Gasteiger partial charge in [0.1, 0.15) is 22.1 Å². The predicted molar refractivity (Wildman–Crippen MR) is 86.5 cm³/mol. The third-order valence-electron chi connectivity index (χ3n) is 3.34. The minimum absolute atomic E-state index is 0.0108. The van der Waals surface area contributed by atoms with Crippen LogP contribution < -0.4 is 14.2 Å². The zero-order valence-corrected chi connectivity index (χ0v) is 13.8. The molecular formula is C16H19NO5S. The number of rotatable bonds is 7. The van der Waals surface area contributed by atoms with E-state index in [0.29, 0.717) is 17.7 Å². The zero-order chi connectivity index (χ0) is 16.9. The van der Waals surface area contributed by atoms with Crippen molar-refractivity contribution in [3.05, 3.63) is 48.0 Å². The standard InChI is InChI=1S/C16H19NO5S/c1-21-13-7-8-15(22-2)16(11-13)23(19,20)17-10-9-12-5-3-4-6-14(12)18/h3-8,11,17-18H,9-10H2,1-2H3. The summed E-state index contributed by atoms with van der Waals surface area (Å²) in [6.45, 7) is 0.153. The lowest BCUT2D eigenvalue weighted by atomic mass is 10.1. The molecule has 0 amide bonds. The molecule has 2 aromatic carbocycles. The number of ether oxygens (including phenoxy) is 2. The lowest BCUT2D eigenvalue weighted by molar-refractivity contribution is 0.392. The molecule has 0 aliphatic carbocycles. The number of aromatic hydroxyl groups is 1. The Bertz CT molecular complexity index is 774. The minimum atomic E-state index is -3.76. The lowest BCUT2D eigenvalue weighted by Gasteiger charge is -2.12. The number of sulfonamides is 1. The largest absolute Gasteiger partial charge is 0.508 e. The number of methoxy groups -OCH3 is 2. The van der Waals surface area contributed by atoms with E-state index in [4.69, 9.17) is 9.47 Å². The summed E-state index contributed by atoms with van der Waals surface area (Å²) in [6, 6.07) is 11.4. The summed E-state index contributed by atoms with van der Waals surface area (Å²) in [4.78, 5) is 0.0108. The molecule has 0 aliphatic heterocycles. The van der Waals surface area contributed by atoms with Gasteiger partial charge in [0.25, 0.3) is 0 Å². The van der Waals surface area contributed by atoms with E-state index in [2.05, 4.69) is 4.72 Å². The van der Waals surface area contributed by atoms with E-state index in [-0.39, 0.29) is 22.9 Å². The summed E-state index contributed by atoms with van der Waals surface area (Å²) in [5.41, 5.74) is 0.674. The van der Waals surface area contributed by atoms with E-state index >= 15 is 0 Å². The first-order chi connectivity index (χ1) is 11.0. The van der Waals surface area contributed by atoms with Crippen LogP contribution in [-0.4, -0.2) is 34.3 Å². The van der Waals surface area contributed by atoms with E-state index in [1.807, 2.05) is 0 Å². The molecule has 0 bridgehead atoms. The number of hydrogen-bond acceptors (Lipinski definition) is 5. The molecule has 2 N–H and O–H groups in total. The van der Waals surface area contributed by atoms with Gasteiger partial charge in [-0.15, -0.1) is 0 Å². The van der Waals surface area contributed by atoms with Crippen molar-refractivity contribution >= 4 is 10.0 Å². The first kappa shape index (κ1) is 17.1. The van der Waals surface area contributed by atoms with Crippen LogP contribution in [0.2, 0.25) is 0 Å². The van der Waals surface area contributed by atoms with Gasteiger partial charge in [-0.1, -0.05) is 18.2 Å². The fraction of sp³-hybridized carbons (Fsp3) is 0.250. The van der Waals surface area contributed by atoms with Crippen LogP contribution in [0.25, 0.3) is 0 Å². The average molecular weight is 337 g/mol.